The summed E-state index contributed by atoms with van der Waals surface area (Å²) in [6.45, 7) is 2.77. The first-order chi connectivity index (χ1) is 8.88. The van der Waals surface area contributed by atoms with Gasteiger partial charge in [-0.1, -0.05) is 12.8 Å². The van der Waals surface area contributed by atoms with Crippen LogP contribution in [0.25, 0.3) is 0 Å². The first-order valence-electron chi connectivity index (χ1n) is 7.43. The lowest BCUT2D eigenvalue weighted by atomic mass is 10.2. The standard InChI is InChI=1S/C14H27N3O/c1-15-14(17-13-5-2-3-6-13)16-9-4-10-18-11-12-7-8-12/h12-13H,2-11H2,1H3,(H2,15,16,17). The molecule has 2 aliphatic carbocycles. The second kappa shape index (κ2) is 7.62. The zero-order chi connectivity index (χ0) is 12.6. The monoisotopic (exact) mass is 253 g/mol. The molecule has 0 atom stereocenters. The Balaban J connectivity index is 1.47. The maximum Gasteiger partial charge on any atom is 0.191 e. The fraction of sp³-hybridized carbons (Fsp3) is 0.929. The van der Waals surface area contributed by atoms with Gasteiger partial charge in [-0.25, -0.2) is 0 Å². The van der Waals surface area contributed by atoms with Gasteiger partial charge in [-0.05, 0) is 38.0 Å². The molecule has 0 radical (unpaired) electrons. The largest absolute Gasteiger partial charge is 0.381 e. The van der Waals surface area contributed by atoms with Crippen LogP contribution in [-0.4, -0.2) is 38.8 Å². The average molecular weight is 253 g/mol. The molecule has 2 saturated carbocycles. The lowest BCUT2D eigenvalue weighted by molar-refractivity contribution is 0.123. The first kappa shape index (κ1) is 13.7. The molecule has 0 heterocycles. The van der Waals surface area contributed by atoms with Crippen molar-refractivity contribution < 1.29 is 4.74 Å². The van der Waals surface area contributed by atoms with Gasteiger partial charge in [0.15, 0.2) is 5.96 Å². The Hall–Kier alpha value is -0.770. The molecule has 0 spiro atoms. The molecule has 18 heavy (non-hydrogen) atoms. The number of ether oxygens (including phenoxy) is 1. The van der Waals surface area contributed by atoms with Gasteiger partial charge in [0.05, 0.1) is 0 Å². The van der Waals surface area contributed by atoms with Crippen molar-refractivity contribution in [2.75, 3.05) is 26.8 Å². The van der Waals surface area contributed by atoms with Crippen molar-refractivity contribution in [1.82, 2.24) is 10.6 Å². The van der Waals surface area contributed by atoms with Crippen LogP contribution in [0.15, 0.2) is 4.99 Å². The maximum absolute atomic E-state index is 5.61. The van der Waals surface area contributed by atoms with Crippen LogP contribution >= 0.6 is 0 Å². The van der Waals surface area contributed by atoms with E-state index in [-0.39, 0.29) is 0 Å². The molecule has 0 saturated heterocycles. The van der Waals surface area contributed by atoms with Gasteiger partial charge in [-0.15, -0.1) is 0 Å². The summed E-state index contributed by atoms with van der Waals surface area (Å²) in [7, 11) is 1.84. The molecule has 0 amide bonds. The van der Waals surface area contributed by atoms with E-state index in [1.165, 1.54) is 38.5 Å². The van der Waals surface area contributed by atoms with E-state index in [2.05, 4.69) is 15.6 Å². The maximum atomic E-state index is 5.61. The van der Waals surface area contributed by atoms with Crippen LogP contribution in [0.4, 0.5) is 0 Å². The van der Waals surface area contributed by atoms with Gasteiger partial charge in [0.1, 0.15) is 0 Å². The third-order valence-corrected chi connectivity index (χ3v) is 3.73. The van der Waals surface area contributed by atoms with Crippen LogP contribution < -0.4 is 10.6 Å². The van der Waals surface area contributed by atoms with E-state index in [4.69, 9.17) is 4.74 Å². The van der Waals surface area contributed by atoms with Crippen molar-refractivity contribution in [1.29, 1.82) is 0 Å². The molecule has 4 nitrogen and oxygen atoms in total. The van der Waals surface area contributed by atoms with Crippen molar-refractivity contribution in [2.45, 2.75) is 51.0 Å². The van der Waals surface area contributed by atoms with Crippen molar-refractivity contribution in [3.05, 3.63) is 0 Å². The lowest BCUT2D eigenvalue weighted by Crippen LogP contribution is -2.42. The minimum absolute atomic E-state index is 0.627. The van der Waals surface area contributed by atoms with Crippen LogP contribution in [0.5, 0.6) is 0 Å². The van der Waals surface area contributed by atoms with E-state index in [0.29, 0.717) is 6.04 Å². The minimum Gasteiger partial charge on any atom is -0.381 e. The molecule has 0 aromatic rings. The summed E-state index contributed by atoms with van der Waals surface area (Å²) >= 11 is 0. The number of hydrogen-bond donors (Lipinski definition) is 2. The average Bonchev–Trinajstić information content (AvgIpc) is 3.07. The molecule has 104 valence electrons. The lowest BCUT2D eigenvalue weighted by Gasteiger charge is -2.16. The van der Waals surface area contributed by atoms with Gasteiger partial charge in [-0.3, -0.25) is 4.99 Å². The third kappa shape index (κ3) is 5.25. The zero-order valence-electron chi connectivity index (χ0n) is 11.6. The third-order valence-electron chi connectivity index (χ3n) is 3.73. The van der Waals surface area contributed by atoms with E-state index >= 15 is 0 Å². The van der Waals surface area contributed by atoms with E-state index in [0.717, 1.165) is 38.1 Å². The van der Waals surface area contributed by atoms with E-state index in [1.54, 1.807) is 0 Å². The van der Waals surface area contributed by atoms with Crippen LogP contribution in [0.2, 0.25) is 0 Å². The van der Waals surface area contributed by atoms with Gasteiger partial charge in [0.25, 0.3) is 0 Å². The number of hydrogen-bond acceptors (Lipinski definition) is 2. The molecule has 2 fully saturated rings. The molecule has 2 aliphatic rings. The summed E-state index contributed by atoms with van der Waals surface area (Å²) in [6.07, 6.45) is 9.06. The summed E-state index contributed by atoms with van der Waals surface area (Å²) < 4.78 is 5.61. The number of nitrogens with one attached hydrogen (secondary N) is 2. The molecule has 0 aliphatic heterocycles. The normalized spacial score (nSPS) is 21.3. The Kier molecular flexibility index (Phi) is 5.78. The van der Waals surface area contributed by atoms with E-state index < -0.39 is 0 Å². The summed E-state index contributed by atoms with van der Waals surface area (Å²) in [5.74, 6) is 1.82. The summed E-state index contributed by atoms with van der Waals surface area (Å²) in [5, 5.41) is 6.84. The van der Waals surface area contributed by atoms with Gasteiger partial charge in [0.2, 0.25) is 0 Å². The molecule has 0 unspecified atom stereocenters. The van der Waals surface area contributed by atoms with Gasteiger partial charge < -0.3 is 15.4 Å². The molecular weight excluding hydrogens is 226 g/mol. The summed E-state index contributed by atoms with van der Waals surface area (Å²) in [5.41, 5.74) is 0. The Morgan fingerprint density at radius 1 is 1.22 bits per heavy atom. The number of guanidine groups is 1. The second-order valence-corrected chi connectivity index (χ2v) is 5.50. The van der Waals surface area contributed by atoms with Crippen LogP contribution in [0, 0.1) is 5.92 Å². The van der Waals surface area contributed by atoms with Crippen molar-refractivity contribution in [2.24, 2.45) is 10.9 Å². The van der Waals surface area contributed by atoms with E-state index in [9.17, 15) is 0 Å². The van der Waals surface area contributed by atoms with Crippen LogP contribution in [-0.2, 0) is 4.74 Å². The Morgan fingerprint density at radius 2 is 2.00 bits per heavy atom. The molecule has 0 aromatic heterocycles. The van der Waals surface area contributed by atoms with Gasteiger partial charge in [0, 0.05) is 32.8 Å². The minimum atomic E-state index is 0.627. The van der Waals surface area contributed by atoms with Gasteiger partial charge in [-0.2, -0.15) is 0 Å². The van der Waals surface area contributed by atoms with Gasteiger partial charge >= 0.3 is 0 Å². The van der Waals surface area contributed by atoms with Crippen LogP contribution in [0.3, 0.4) is 0 Å². The molecule has 0 aromatic carbocycles. The predicted molar refractivity (Wildman–Crippen MR) is 74.9 cm³/mol. The second-order valence-electron chi connectivity index (χ2n) is 5.50. The quantitative estimate of drug-likeness (QED) is 0.414. The highest BCUT2D eigenvalue weighted by Gasteiger charge is 2.20. The van der Waals surface area contributed by atoms with Crippen molar-refractivity contribution >= 4 is 5.96 Å². The van der Waals surface area contributed by atoms with Crippen LogP contribution in [0.1, 0.15) is 44.9 Å². The highest BCUT2D eigenvalue weighted by molar-refractivity contribution is 5.79. The number of rotatable bonds is 7. The molecule has 4 heteroatoms. The summed E-state index contributed by atoms with van der Waals surface area (Å²) in [6, 6.07) is 0.627. The Labute approximate surface area is 111 Å². The fourth-order valence-electron chi connectivity index (χ4n) is 2.37. The number of nitrogens with zero attached hydrogens (tertiary/aromatic N) is 1. The molecule has 0 bridgehead atoms. The highest BCUT2D eigenvalue weighted by atomic mass is 16.5. The molecule has 2 N–H and O–H groups in total. The Morgan fingerprint density at radius 3 is 2.67 bits per heavy atom. The zero-order valence-corrected chi connectivity index (χ0v) is 11.6. The predicted octanol–water partition coefficient (Wildman–Crippen LogP) is 1.91. The summed E-state index contributed by atoms with van der Waals surface area (Å²) in [4.78, 5) is 4.26. The highest BCUT2D eigenvalue weighted by Crippen LogP contribution is 2.28. The van der Waals surface area contributed by atoms with Crippen molar-refractivity contribution in [3.63, 3.8) is 0 Å². The smallest absolute Gasteiger partial charge is 0.191 e. The SMILES string of the molecule is CN=C(NCCCOCC1CC1)NC1CCCC1. The van der Waals surface area contributed by atoms with E-state index in [1.807, 2.05) is 7.05 Å². The fourth-order valence-corrected chi connectivity index (χ4v) is 2.37. The molecule has 2 rings (SSSR count). The topological polar surface area (TPSA) is 45.7 Å². The first-order valence-corrected chi connectivity index (χ1v) is 7.43. The number of aliphatic imine (C=N–C) groups is 1. The van der Waals surface area contributed by atoms with Crippen molar-refractivity contribution in [3.8, 4) is 0 Å². The Bertz CT molecular complexity index is 258. The molecular formula is C14H27N3O.